The molecule has 0 aromatic heterocycles. The lowest BCUT2D eigenvalue weighted by molar-refractivity contribution is -0.167. The average Bonchev–Trinajstić information content (AvgIpc) is 3.31. The fourth-order valence-electron chi connectivity index (χ4n) is 8.02. The lowest BCUT2D eigenvalue weighted by Gasteiger charge is -2.18. The number of carbonyl (C=O) groups is 3. The molecule has 1 unspecified atom stereocenters. The summed E-state index contributed by atoms with van der Waals surface area (Å²) < 4.78 is 16.8. The van der Waals surface area contributed by atoms with E-state index in [1.54, 1.807) is 0 Å². The van der Waals surface area contributed by atoms with E-state index < -0.39 is 6.10 Å². The zero-order chi connectivity index (χ0) is 47.9. The van der Waals surface area contributed by atoms with Gasteiger partial charge in [-0.25, -0.2) is 0 Å². The monoisotopic (exact) mass is 923 g/mol. The van der Waals surface area contributed by atoms with Gasteiger partial charge in [0.2, 0.25) is 0 Å². The van der Waals surface area contributed by atoms with E-state index in [1.165, 1.54) is 141 Å². The van der Waals surface area contributed by atoms with Crippen LogP contribution in [0.5, 0.6) is 0 Å². The van der Waals surface area contributed by atoms with Crippen molar-refractivity contribution < 1.29 is 28.6 Å². The lowest BCUT2D eigenvalue weighted by atomic mass is 10.0. The molecule has 0 aliphatic rings. The minimum absolute atomic E-state index is 0.0841. The minimum Gasteiger partial charge on any atom is -0.462 e. The van der Waals surface area contributed by atoms with Crippen LogP contribution in [0.1, 0.15) is 284 Å². The third kappa shape index (κ3) is 52.1. The molecule has 0 saturated heterocycles. The smallest absolute Gasteiger partial charge is 0.306 e. The van der Waals surface area contributed by atoms with Crippen molar-refractivity contribution >= 4 is 17.9 Å². The van der Waals surface area contributed by atoms with Crippen LogP contribution in [0, 0.1) is 0 Å². The molecular formula is C60H106O6. The zero-order valence-corrected chi connectivity index (χ0v) is 43.7. The number of rotatable bonds is 51. The molecule has 0 N–H and O–H groups in total. The molecule has 0 aliphatic carbocycles. The predicted octanol–water partition coefficient (Wildman–Crippen LogP) is 18.8. The number of allylic oxidation sites excluding steroid dienone is 10. The highest BCUT2D eigenvalue weighted by molar-refractivity contribution is 5.71. The van der Waals surface area contributed by atoms with Crippen molar-refractivity contribution in [3.8, 4) is 0 Å². The van der Waals surface area contributed by atoms with Gasteiger partial charge in [0, 0.05) is 19.3 Å². The van der Waals surface area contributed by atoms with Gasteiger partial charge in [0.25, 0.3) is 0 Å². The van der Waals surface area contributed by atoms with E-state index in [4.69, 9.17) is 14.2 Å². The van der Waals surface area contributed by atoms with Gasteiger partial charge in [0.05, 0.1) is 0 Å². The molecule has 0 spiro atoms. The van der Waals surface area contributed by atoms with E-state index >= 15 is 0 Å². The van der Waals surface area contributed by atoms with Crippen molar-refractivity contribution in [3.05, 3.63) is 60.8 Å². The van der Waals surface area contributed by atoms with Crippen LogP contribution >= 0.6 is 0 Å². The van der Waals surface area contributed by atoms with Crippen LogP contribution in [0.15, 0.2) is 60.8 Å². The average molecular weight is 924 g/mol. The molecule has 0 saturated carbocycles. The number of hydrogen-bond donors (Lipinski definition) is 0. The van der Waals surface area contributed by atoms with Gasteiger partial charge in [-0.1, -0.05) is 242 Å². The van der Waals surface area contributed by atoms with Crippen molar-refractivity contribution in [2.75, 3.05) is 13.2 Å². The SMILES string of the molecule is CC/C=C\C/C=C\C/C=C\C/C=C\CCCCCCC(=O)OCC(COC(=O)CCCCCCC/C=C\CCCCCCCC)OC(=O)CCCCCCCCCCCCCCCCCC. The summed E-state index contributed by atoms with van der Waals surface area (Å²) in [5, 5.41) is 0. The Morgan fingerprint density at radius 1 is 0.318 bits per heavy atom. The molecule has 1 atom stereocenters. The van der Waals surface area contributed by atoms with Gasteiger partial charge in [0.15, 0.2) is 6.10 Å². The molecule has 0 heterocycles. The highest BCUT2D eigenvalue weighted by Crippen LogP contribution is 2.16. The summed E-state index contributed by atoms with van der Waals surface area (Å²) in [6, 6.07) is 0. The normalized spacial score (nSPS) is 12.5. The van der Waals surface area contributed by atoms with Gasteiger partial charge in [0.1, 0.15) is 13.2 Å². The van der Waals surface area contributed by atoms with E-state index in [2.05, 4.69) is 81.5 Å². The third-order valence-corrected chi connectivity index (χ3v) is 12.3. The van der Waals surface area contributed by atoms with Gasteiger partial charge >= 0.3 is 17.9 Å². The van der Waals surface area contributed by atoms with Crippen molar-refractivity contribution in [2.24, 2.45) is 0 Å². The summed E-state index contributed by atoms with van der Waals surface area (Å²) in [7, 11) is 0. The number of ether oxygens (including phenoxy) is 3. The van der Waals surface area contributed by atoms with Gasteiger partial charge < -0.3 is 14.2 Å². The molecule has 382 valence electrons. The van der Waals surface area contributed by atoms with Crippen LogP contribution in [0.2, 0.25) is 0 Å². The zero-order valence-electron chi connectivity index (χ0n) is 43.7. The Morgan fingerprint density at radius 2 is 0.591 bits per heavy atom. The fraction of sp³-hybridized carbons (Fsp3) is 0.783. The molecule has 0 aromatic rings. The Hall–Kier alpha value is -2.89. The first-order valence-corrected chi connectivity index (χ1v) is 28.3. The van der Waals surface area contributed by atoms with E-state index in [0.29, 0.717) is 19.3 Å². The van der Waals surface area contributed by atoms with E-state index in [9.17, 15) is 14.4 Å². The quantitative estimate of drug-likeness (QED) is 0.0262. The molecule has 0 fully saturated rings. The van der Waals surface area contributed by atoms with Crippen molar-refractivity contribution in [3.63, 3.8) is 0 Å². The maximum absolute atomic E-state index is 12.8. The van der Waals surface area contributed by atoms with E-state index in [1.807, 2.05) is 0 Å². The van der Waals surface area contributed by atoms with Gasteiger partial charge in [-0.05, 0) is 83.5 Å². The second kappa shape index (κ2) is 54.7. The first kappa shape index (κ1) is 63.1. The maximum Gasteiger partial charge on any atom is 0.306 e. The highest BCUT2D eigenvalue weighted by Gasteiger charge is 2.19. The van der Waals surface area contributed by atoms with Crippen LogP contribution < -0.4 is 0 Å². The maximum atomic E-state index is 12.8. The molecule has 0 rings (SSSR count). The summed E-state index contributed by atoms with van der Waals surface area (Å²) in [5.74, 6) is -0.904. The summed E-state index contributed by atoms with van der Waals surface area (Å²) in [6.07, 6.45) is 67.8. The Kier molecular flexibility index (Phi) is 52.3. The highest BCUT2D eigenvalue weighted by atomic mass is 16.6. The van der Waals surface area contributed by atoms with Crippen LogP contribution in [0.4, 0.5) is 0 Å². The summed E-state index contributed by atoms with van der Waals surface area (Å²) in [4.78, 5) is 38.1. The summed E-state index contributed by atoms with van der Waals surface area (Å²) >= 11 is 0. The predicted molar refractivity (Wildman–Crippen MR) is 284 cm³/mol. The van der Waals surface area contributed by atoms with Crippen LogP contribution in [0.25, 0.3) is 0 Å². The van der Waals surface area contributed by atoms with E-state index in [0.717, 1.165) is 103 Å². The Labute approximate surface area is 409 Å². The molecule has 0 aliphatic heterocycles. The van der Waals surface area contributed by atoms with Crippen LogP contribution in [0.3, 0.4) is 0 Å². The molecular weight excluding hydrogens is 817 g/mol. The largest absolute Gasteiger partial charge is 0.462 e. The second-order valence-corrected chi connectivity index (χ2v) is 18.8. The first-order chi connectivity index (χ1) is 32.5. The third-order valence-electron chi connectivity index (χ3n) is 12.3. The summed E-state index contributed by atoms with van der Waals surface area (Å²) in [5.41, 5.74) is 0. The van der Waals surface area contributed by atoms with Gasteiger partial charge in [-0.15, -0.1) is 0 Å². The topological polar surface area (TPSA) is 78.9 Å². The van der Waals surface area contributed by atoms with Crippen LogP contribution in [-0.4, -0.2) is 37.2 Å². The van der Waals surface area contributed by atoms with Crippen molar-refractivity contribution in [1.29, 1.82) is 0 Å². The molecule has 0 aromatic carbocycles. The number of carbonyl (C=O) groups excluding carboxylic acids is 3. The lowest BCUT2D eigenvalue weighted by Crippen LogP contribution is -2.30. The number of esters is 3. The molecule has 0 amide bonds. The number of unbranched alkanes of at least 4 members (excludes halogenated alkanes) is 30. The van der Waals surface area contributed by atoms with E-state index in [-0.39, 0.29) is 31.1 Å². The Balaban J connectivity index is 4.41. The first-order valence-electron chi connectivity index (χ1n) is 28.3. The van der Waals surface area contributed by atoms with Crippen molar-refractivity contribution in [1.82, 2.24) is 0 Å². The molecule has 66 heavy (non-hydrogen) atoms. The minimum atomic E-state index is -0.786. The van der Waals surface area contributed by atoms with Gasteiger partial charge in [-0.2, -0.15) is 0 Å². The number of hydrogen-bond acceptors (Lipinski definition) is 6. The molecule has 0 bridgehead atoms. The molecule has 6 nitrogen and oxygen atoms in total. The fourth-order valence-corrected chi connectivity index (χ4v) is 8.02. The summed E-state index contributed by atoms with van der Waals surface area (Å²) in [6.45, 7) is 6.52. The molecule has 0 radical (unpaired) electrons. The van der Waals surface area contributed by atoms with Crippen molar-refractivity contribution in [2.45, 2.75) is 290 Å². The van der Waals surface area contributed by atoms with Crippen LogP contribution in [-0.2, 0) is 28.6 Å². The Morgan fingerprint density at radius 3 is 0.939 bits per heavy atom. The molecule has 6 heteroatoms. The standard InChI is InChI=1S/C60H106O6/c1-4-7-10-13-16-19-22-25-28-30-33-35-38-41-44-47-50-53-59(62)65-56-57(55-64-58(61)52-49-46-43-40-37-34-31-27-24-21-18-15-12-9-6-3)66-60(63)54-51-48-45-42-39-36-32-29-26-23-20-17-14-11-8-5-2/h7,10,16,19,25,27-28,31,33,35,57H,4-6,8-9,11-15,17-18,20-24,26,29-30,32,34,36-56H2,1-3H3/b10-7-,19-16-,28-25-,31-27-,35-33-. The second-order valence-electron chi connectivity index (χ2n) is 18.8. The van der Waals surface area contributed by atoms with Gasteiger partial charge in [-0.3, -0.25) is 14.4 Å². The Bertz CT molecular complexity index is 1200.